The van der Waals surface area contributed by atoms with Gasteiger partial charge in [-0.15, -0.1) is 0 Å². The normalized spacial score (nSPS) is 15.9. The van der Waals surface area contributed by atoms with E-state index in [2.05, 4.69) is 20.8 Å². The van der Waals surface area contributed by atoms with Gasteiger partial charge in [0.2, 0.25) is 5.91 Å². The molecule has 0 saturated carbocycles. The van der Waals surface area contributed by atoms with Gasteiger partial charge in [0.15, 0.2) is 11.5 Å². The molecule has 1 aromatic rings. The van der Waals surface area contributed by atoms with Crippen LogP contribution in [0, 0.1) is 0 Å². The molecule has 96 valence electrons. The molecule has 2 N–H and O–H groups in total. The lowest BCUT2D eigenvalue weighted by Gasteiger charge is -2.00. The number of hydrazone groups is 1. The Morgan fingerprint density at radius 1 is 1.26 bits per heavy atom. The van der Waals surface area contributed by atoms with Crippen molar-refractivity contribution < 1.29 is 14.4 Å². The number of amidine groups is 1. The van der Waals surface area contributed by atoms with E-state index in [1.807, 2.05) is 0 Å². The number of hydrogen-bond acceptors (Lipinski definition) is 4. The highest BCUT2D eigenvalue weighted by atomic mass is 16.2. The van der Waals surface area contributed by atoms with Crippen LogP contribution in [0.5, 0.6) is 0 Å². The predicted molar refractivity (Wildman–Crippen MR) is 67.6 cm³/mol. The zero-order valence-corrected chi connectivity index (χ0v) is 10.0. The molecule has 0 aromatic heterocycles. The minimum atomic E-state index is -0.631. The van der Waals surface area contributed by atoms with Crippen LogP contribution in [0.25, 0.3) is 0 Å². The summed E-state index contributed by atoms with van der Waals surface area (Å²) in [6.45, 7) is 1.27. The standard InChI is InChI=1S/C12H10N4O3/c1-7(17)13-10-9(12(19)16-15-10)14-11(18)8-5-3-2-4-6-8/h2-6H,1H3,(H2,13,14,15,16,17,18,19). The number of benzene rings is 1. The Morgan fingerprint density at radius 3 is 2.58 bits per heavy atom. The molecule has 0 atom stereocenters. The molecule has 0 fully saturated rings. The SMILES string of the molecule is CC(=O)NC1=NNC(=O)C1=NC(=O)c1ccccc1. The molecule has 0 aliphatic carbocycles. The fraction of sp³-hybridized carbons (Fsp3) is 0.0833. The highest BCUT2D eigenvalue weighted by Gasteiger charge is 2.26. The molecule has 19 heavy (non-hydrogen) atoms. The van der Waals surface area contributed by atoms with Crippen LogP contribution in [-0.4, -0.2) is 29.3 Å². The molecule has 1 aliphatic heterocycles. The Bertz CT molecular complexity index is 605. The zero-order valence-electron chi connectivity index (χ0n) is 10.0. The third-order valence-electron chi connectivity index (χ3n) is 2.24. The molecular formula is C12H10N4O3. The summed E-state index contributed by atoms with van der Waals surface area (Å²) < 4.78 is 0. The summed E-state index contributed by atoms with van der Waals surface area (Å²) in [4.78, 5) is 37.9. The van der Waals surface area contributed by atoms with Gasteiger partial charge in [-0.1, -0.05) is 18.2 Å². The minimum absolute atomic E-state index is 0.0539. The van der Waals surface area contributed by atoms with Crippen LogP contribution in [0.1, 0.15) is 17.3 Å². The largest absolute Gasteiger partial charge is 0.308 e. The molecule has 0 saturated heterocycles. The molecule has 3 amide bonds. The average molecular weight is 258 g/mol. The van der Waals surface area contributed by atoms with Gasteiger partial charge in [-0.25, -0.2) is 5.43 Å². The highest BCUT2D eigenvalue weighted by Crippen LogP contribution is 2.02. The van der Waals surface area contributed by atoms with E-state index in [0.717, 1.165) is 0 Å². The van der Waals surface area contributed by atoms with Gasteiger partial charge in [-0.05, 0) is 12.1 Å². The highest BCUT2D eigenvalue weighted by molar-refractivity contribution is 6.70. The molecule has 2 rings (SSSR count). The van der Waals surface area contributed by atoms with Crippen molar-refractivity contribution in [3.05, 3.63) is 35.9 Å². The van der Waals surface area contributed by atoms with Crippen LogP contribution in [0.4, 0.5) is 0 Å². The number of rotatable bonds is 1. The second-order valence-electron chi connectivity index (χ2n) is 3.71. The number of amides is 3. The monoisotopic (exact) mass is 258 g/mol. The van der Waals surface area contributed by atoms with E-state index < -0.39 is 17.7 Å². The quantitative estimate of drug-likeness (QED) is 0.732. The molecule has 1 heterocycles. The van der Waals surface area contributed by atoms with Gasteiger partial charge in [0.1, 0.15) is 0 Å². The second-order valence-corrected chi connectivity index (χ2v) is 3.71. The van der Waals surface area contributed by atoms with Gasteiger partial charge >= 0.3 is 0 Å². The minimum Gasteiger partial charge on any atom is -0.308 e. The smallest absolute Gasteiger partial charge is 0.294 e. The van der Waals surface area contributed by atoms with Crippen molar-refractivity contribution in [2.24, 2.45) is 10.1 Å². The van der Waals surface area contributed by atoms with Crippen molar-refractivity contribution in [2.45, 2.75) is 6.92 Å². The summed E-state index contributed by atoms with van der Waals surface area (Å²) in [5.74, 6) is -1.67. The van der Waals surface area contributed by atoms with E-state index in [-0.39, 0.29) is 11.5 Å². The molecule has 0 spiro atoms. The molecule has 0 bridgehead atoms. The first-order chi connectivity index (χ1) is 9.08. The molecule has 0 radical (unpaired) electrons. The van der Waals surface area contributed by atoms with Gasteiger partial charge in [-0.2, -0.15) is 10.1 Å². The maximum absolute atomic E-state index is 11.8. The van der Waals surface area contributed by atoms with Gasteiger partial charge < -0.3 is 5.32 Å². The summed E-state index contributed by atoms with van der Waals surface area (Å²) >= 11 is 0. The Balaban J connectivity index is 2.26. The topological polar surface area (TPSA) is 100.0 Å². The van der Waals surface area contributed by atoms with Crippen molar-refractivity contribution in [2.75, 3.05) is 0 Å². The third kappa shape index (κ3) is 2.89. The predicted octanol–water partition coefficient (Wildman–Crippen LogP) is -0.153. The van der Waals surface area contributed by atoms with Gasteiger partial charge in [0.25, 0.3) is 11.8 Å². The molecule has 7 heteroatoms. The number of carbonyl (C=O) groups is 3. The van der Waals surface area contributed by atoms with Crippen molar-refractivity contribution in [1.29, 1.82) is 0 Å². The fourth-order valence-electron chi connectivity index (χ4n) is 1.42. The summed E-state index contributed by atoms with van der Waals surface area (Å²) in [6.07, 6.45) is 0. The van der Waals surface area contributed by atoms with Crippen LogP contribution in [0.2, 0.25) is 0 Å². The van der Waals surface area contributed by atoms with Gasteiger partial charge in [-0.3, -0.25) is 14.4 Å². The molecule has 7 nitrogen and oxygen atoms in total. The second kappa shape index (κ2) is 5.21. The van der Waals surface area contributed by atoms with E-state index in [0.29, 0.717) is 5.56 Å². The van der Waals surface area contributed by atoms with Crippen LogP contribution < -0.4 is 10.7 Å². The van der Waals surface area contributed by atoms with Crippen LogP contribution in [0.3, 0.4) is 0 Å². The summed E-state index contributed by atoms with van der Waals surface area (Å²) in [5, 5.41) is 5.91. The van der Waals surface area contributed by atoms with Crippen molar-refractivity contribution in [3.63, 3.8) is 0 Å². The Labute approximate surface area is 108 Å². The third-order valence-corrected chi connectivity index (χ3v) is 2.24. The number of nitrogens with one attached hydrogen (secondary N) is 2. The van der Waals surface area contributed by atoms with Crippen molar-refractivity contribution in [3.8, 4) is 0 Å². The van der Waals surface area contributed by atoms with Crippen LogP contribution in [0.15, 0.2) is 40.4 Å². The zero-order chi connectivity index (χ0) is 13.8. The number of carbonyl (C=O) groups excluding carboxylic acids is 3. The molecular weight excluding hydrogens is 248 g/mol. The first-order valence-electron chi connectivity index (χ1n) is 5.42. The lowest BCUT2D eigenvalue weighted by Crippen LogP contribution is -2.36. The summed E-state index contributed by atoms with van der Waals surface area (Å²) in [6, 6.07) is 8.29. The van der Waals surface area contributed by atoms with E-state index in [1.54, 1.807) is 30.3 Å². The molecule has 0 unspecified atom stereocenters. The fourth-order valence-corrected chi connectivity index (χ4v) is 1.42. The van der Waals surface area contributed by atoms with E-state index in [9.17, 15) is 14.4 Å². The molecule has 1 aromatic carbocycles. The molecule has 1 aliphatic rings. The number of nitrogens with zero attached hydrogens (tertiary/aromatic N) is 2. The maximum Gasteiger partial charge on any atom is 0.294 e. The average Bonchev–Trinajstić information content (AvgIpc) is 2.72. The van der Waals surface area contributed by atoms with E-state index in [4.69, 9.17) is 0 Å². The summed E-state index contributed by atoms with van der Waals surface area (Å²) in [7, 11) is 0. The Kier molecular flexibility index (Phi) is 3.46. The Morgan fingerprint density at radius 2 is 1.95 bits per heavy atom. The van der Waals surface area contributed by atoms with Crippen molar-refractivity contribution in [1.82, 2.24) is 10.7 Å². The van der Waals surface area contributed by atoms with Crippen LogP contribution in [-0.2, 0) is 9.59 Å². The van der Waals surface area contributed by atoms with Gasteiger partial charge in [0.05, 0.1) is 0 Å². The first-order valence-corrected chi connectivity index (χ1v) is 5.42. The van der Waals surface area contributed by atoms with E-state index in [1.165, 1.54) is 6.92 Å². The Hall–Kier alpha value is -2.83. The number of hydrogen-bond donors (Lipinski definition) is 2. The first kappa shape index (κ1) is 12.6. The van der Waals surface area contributed by atoms with Crippen LogP contribution >= 0.6 is 0 Å². The van der Waals surface area contributed by atoms with E-state index >= 15 is 0 Å². The maximum atomic E-state index is 11.8. The van der Waals surface area contributed by atoms with Gasteiger partial charge in [0, 0.05) is 12.5 Å². The summed E-state index contributed by atoms with van der Waals surface area (Å²) in [5.41, 5.74) is 2.27. The lowest BCUT2D eigenvalue weighted by molar-refractivity contribution is -0.117. The lowest BCUT2D eigenvalue weighted by atomic mass is 10.2. The number of aliphatic imine (C=N–C) groups is 1. The van der Waals surface area contributed by atoms with Crippen molar-refractivity contribution >= 4 is 29.3 Å².